The monoisotopic (exact) mass is 628 g/mol. The van der Waals surface area contributed by atoms with E-state index in [1.165, 1.54) is 22.6 Å². The zero-order valence-electron chi connectivity index (χ0n) is 23.3. The number of hydrogen-bond acceptors (Lipinski definition) is 7. The fourth-order valence-electron chi connectivity index (χ4n) is 5.11. The maximum absolute atomic E-state index is 14.7. The Morgan fingerprint density at radius 2 is 1.81 bits per heavy atom. The molecule has 0 bridgehead atoms. The summed E-state index contributed by atoms with van der Waals surface area (Å²) >= 11 is 7.13. The van der Waals surface area contributed by atoms with Crippen LogP contribution >= 0.6 is 23.4 Å². The summed E-state index contributed by atoms with van der Waals surface area (Å²) in [4.78, 5) is 33.7. The van der Waals surface area contributed by atoms with Crippen molar-refractivity contribution in [3.8, 4) is 11.1 Å². The molecule has 1 aromatic heterocycles. The lowest BCUT2D eigenvalue weighted by Gasteiger charge is -2.36. The molecule has 1 amide bonds. The van der Waals surface area contributed by atoms with Gasteiger partial charge in [-0.1, -0.05) is 17.7 Å². The van der Waals surface area contributed by atoms with Crippen molar-refractivity contribution in [2.45, 2.75) is 50.1 Å². The van der Waals surface area contributed by atoms with Crippen molar-refractivity contribution in [2.24, 2.45) is 0 Å². The minimum absolute atomic E-state index is 0.0670. The van der Waals surface area contributed by atoms with Gasteiger partial charge in [-0.3, -0.25) is 4.57 Å². The third kappa shape index (κ3) is 5.91. The second-order valence-electron chi connectivity index (χ2n) is 11.1. The van der Waals surface area contributed by atoms with Crippen molar-refractivity contribution in [1.29, 1.82) is 0 Å². The van der Waals surface area contributed by atoms with E-state index in [0.717, 1.165) is 30.0 Å². The number of thioether (sulfide) groups is 1. The first-order valence-corrected chi connectivity index (χ1v) is 14.6. The molecule has 2 aliphatic heterocycles. The number of piperazine rings is 1. The molecule has 3 aromatic rings. The maximum Gasteiger partial charge on any atom is 0.417 e. The summed E-state index contributed by atoms with van der Waals surface area (Å²) in [6, 6.07) is 4.41. The number of rotatable bonds is 3. The first-order valence-electron chi connectivity index (χ1n) is 13.2. The summed E-state index contributed by atoms with van der Waals surface area (Å²) in [6.07, 6.45) is -5.78. The van der Waals surface area contributed by atoms with Gasteiger partial charge in [0.05, 0.1) is 28.8 Å². The highest BCUT2D eigenvalue weighted by molar-refractivity contribution is 7.99. The van der Waals surface area contributed by atoms with Gasteiger partial charge in [0, 0.05) is 54.9 Å². The van der Waals surface area contributed by atoms with E-state index in [4.69, 9.17) is 21.1 Å². The van der Waals surface area contributed by atoms with Gasteiger partial charge in [-0.2, -0.15) is 18.2 Å². The third-order valence-corrected chi connectivity index (χ3v) is 8.59. The molecule has 226 valence electrons. The summed E-state index contributed by atoms with van der Waals surface area (Å²) in [5.41, 5.74) is -2.13. The van der Waals surface area contributed by atoms with Gasteiger partial charge in [-0.25, -0.2) is 14.0 Å². The van der Waals surface area contributed by atoms with Crippen LogP contribution in [0.1, 0.15) is 26.3 Å². The zero-order valence-corrected chi connectivity index (χ0v) is 24.9. The van der Waals surface area contributed by atoms with Crippen molar-refractivity contribution in [3.63, 3.8) is 0 Å². The van der Waals surface area contributed by atoms with Gasteiger partial charge in [0.25, 0.3) is 0 Å². The van der Waals surface area contributed by atoms with Crippen LogP contribution in [0.5, 0.6) is 0 Å². The number of aromatic nitrogens is 2. The van der Waals surface area contributed by atoms with E-state index in [2.05, 4.69) is 4.98 Å². The summed E-state index contributed by atoms with van der Waals surface area (Å²) in [5.74, 6) is -0.400. The predicted octanol–water partition coefficient (Wildman–Crippen LogP) is 6.05. The molecule has 0 radical (unpaired) electrons. The van der Waals surface area contributed by atoms with Crippen LogP contribution in [0.3, 0.4) is 0 Å². The second kappa shape index (κ2) is 11.2. The average molecular weight is 629 g/mol. The molecule has 3 heterocycles. The summed E-state index contributed by atoms with van der Waals surface area (Å²) in [7, 11) is 1.47. The molecule has 0 aliphatic carbocycles. The van der Waals surface area contributed by atoms with Crippen molar-refractivity contribution < 1.29 is 31.8 Å². The highest BCUT2D eigenvalue weighted by Gasteiger charge is 2.39. The SMILES string of the molecule is CO[C@H]1CSc2c(-c3ccc(F)c(Cl)c3)c(C(F)(F)F)cc3c(N4CCN(C(=O)OC(C)(C)C)CC4)nc(=O)n(c23)C1. The molecule has 5 rings (SSSR count). The molecule has 0 spiro atoms. The highest BCUT2D eigenvalue weighted by atomic mass is 35.5. The Labute approximate surface area is 248 Å². The lowest BCUT2D eigenvalue weighted by Crippen LogP contribution is -2.50. The smallest absolute Gasteiger partial charge is 0.417 e. The molecule has 2 aliphatic rings. The molecule has 1 fully saturated rings. The van der Waals surface area contributed by atoms with Crippen molar-refractivity contribution in [2.75, 3.05) is 43.9 Å². The summed E-state index contributed by atoms with van der Waals surface area (Å²) in [6.45, 7) is 6.27. The fourth-order valence-corrected chi connectivity index (χ4v) is 6.61. The van der Waals surface area contributed by atoms with Crippen molar-refractivity contribution in [3.05, 3.63) is 51.2 Å². The molecule has 0 N–H and O–H groups in total. The van der Waals surface area contributed by atoms with Gasteiger partial charge in [0.15, 0.2) is 0 Å². The number of nitrogens with zero attached hydrogens (tertiary/aromatic N) is 4. The fraction of sp³-hybridized carbons (Fsp3) is 0.464. The molecule has 0 saturated carbocycles. The molecular weight excluding hydrogens is 600 g/mol. The minimum Gasteiger partial charge on any atom is -0.444 e. The van der Waals surface area contributed by atoms with Gasteiger partial charge in [0.2, 0.25) is 0 Å². The van der Waals surface area contributed by atoms with Crippen LogP contribution in [-0.4, -0.2) is 71.3 Å². The van der Waals surface area contributed by atoms with E-state index in [1.54, 1.807) is 25.7 Å². The number of methoxy groups -OCH3 is 1. The Morgan fingerprint density at radius 3 is 2.40 bits per heavy atom. The number of alkyl halides is 3. The van der Waals surface area contributed by atoms with E-state index in [-0.39, 0.29) is 76.2 Å². The molecule has 42 heavy (non-hydrogen) atoms. The lowest BCUT2D eigenvalue weighted by molar-refractivity contribution is -0.137. The molecule has 14 heteroatoms. The van der Waals surface area contributed by atoms with Crippen LogP contribution in [-0.2, 0) is 22.2 Å². The Balaban J connectivity index is 1.70. The number of amides is 1. The quantitative estimate of drug-likeness (QED) is 0.327. The highest BCUT2D eigenvalue weighted by Crippen LogP contribution is 2.48. The number of carbonyl (C=O) groups excluding carboxylic acids is 1. The van der Waals surface area contributed by atoms with Crippen LogP contribution < -0.4 is 10.6 Å². The number of hydrogen-bond donors (Lipinski definition) is 0. The summed E-state index contributed by atoms with van der Waals surface area (Å²) in [5, 5.41) is -0.180. The number of ether oxygens (including phenoxy) is 2. The van der Waals surface area contributed by atoms with E-state index in [9.17, 15) is 27.2 Å². The number of carbonyl (C=O) groups is 1. The topological polar surface area (TPSA) is 76.9 Å². The van der Waals surface area contributed by atoms with Gasteiger partial charge in [-0.15, -0.1) is 11.8 Å². The van der Waals surface area contributed by atoms with Crippen LogP contribution in [0.4, 0.5) is 28.2 Å². The van der Waals surface area contributed by atoms with E-state index in [1.807, 2.05) is 0 Å². The predicted molar refractivity (Wildman–Crippen MR) is 153 cm³/mol. The Morgan fingerprint density at radius 1 is 1.12 bits per heavy atom. The van der Waals surface area contributed by atoms with E-state index >= 15 is 0 Å². The van der Waals surface area contributed by atoms with Gasteiger partial charge in [-0.05, 0) is 44.5 Å². The van der Waals surface area contributed by atoms with Gasteiger partial charge < -0.3 is 19.3 Å². The van der Waals surface area contributed by atoms with Crippen molar-refractivity contribution in [1.82, 2.24) is 14.5 Å². The van der Waals surface area contributed by atoms with Crippen LogP contribution in [0.25, 0.3) is 22.0 Å². The Bertz CT molecular complexity index is 1600. The average Bonchev–Trinajstić information content (AvgIpc) is 3.11. The number of anilines is 1. The zero-order chi connectivity index (χ0) is 30.6. The molecule has 0 unspecified atom stereocenters. The first-order chi connectivity index (χ1) is 19.7. The largest absolute Gasteiger partial charge is 0.444 e. The number of benzene rings is 2. The molecule has 8 nitrogen and oxygen atoms in total. The van der Waals surface area contributed by atoms with Crippen molar-refractivity contribution >= 4 is 46.2 Å². The van der Waals surface area contributed by atoms with Gasteiger partial charge in [0.1, 0.15) is 17.2 Å². The molecule has 1 atom stereocenters. The Kier molecular flexibility index (Phi) is 8.14. The maximum atomic E-state index is 14.7. The lowest BCUT2D eigenvalue weighted by atomic mass is 9.96. The number of halogens is 5. The van der Waals surface area contributed by atoms with Gasteiger partial charge >= 0.3 is 18.0 Å². The van der Waals surface area contributed by atoms with Crippen LogP contribution in [0, 0.1) is 5.82 Å². The standard InChI is InChI=1S/C28H29ClF4N4O4S/c1-27(2,3)41-26(39)36-9-7-35(8-10-36)24-17-12-18(28(31,32)33)21(15-5-6-20(30)19(29)11-15)23-22(17)37(25(38)34-24)13-16(40-4)14-42-23/h5-6,11-12,16H,7-10,13-14H2,1-4H3/t16-/m1/s1. The van der Waals surface area contributed by atoms with E-state index < -0.39 is 41.0 Å². The van der Waals surface area contributed by atoms with E-state index in [0.29, 0.717) is 0 Å². The second-order valence-corrected chi connectivity index (χ2v) is 12.5. The molecule has 1 saturated heterocycles. The van der Waals surface area contributed by atoms with Crippen LogP contribution in [0.2, 0.25) is 5.02 Å². The summed E-state index contributed by atoms with van der Waals surface area (Å²) < 4.78 is 70.6. The minimum atomic E-state index is -4.80. The normalized spacial score (nSPS) is 17.9. The molecular formula is C28H29ClF4N4O4S. The Hall–Kier alpha value is -3.03. The molecule has 2 aromatic carbocycles. The van der Waals surface area contributed by atoms with Crippen LogP contribution in [0.15, 0.2) is 34.0 Å². The first kappa shape index (κ1) is 30.4. The third-order valence-electron chi connectivity index (χ3n) is 7.08.